The Kier molecular flexibility index (Phi) is 5.31. The molecule has 1 aliphatic heterocycles. The van der Waals surface area contributed by atoms with Crippen LogP contribution in [0.4, 0.5) is 5.69 Å². The molecule has 1 saturated heterocycles. The molecule has 4 heterocycles. The van der Waals surface area contributed by atoms with E-state index >= 15 is 0 Å². The minimum atomic E-state index is 0.660. The average Bonchev–Trinajstić information content (AvgIpc) is 3.37. The average molecular weight is 456 g/mol. The zero-order chi connectivity index (χ0) is 23.6. The molecule has 1 fully saturated rings. The number of pyridine rings is 2. The summed E-state index contributed by atoms with van der Waals surface area (Å²) >= 11 is 0. The second-order valence-corrected chi connectivity index (χ2v) is 8.38. The number of aromatic nitrogens is 4. The summed E-state index contributed by atoms with van der Waals surface area (Å²) in [4.78, 5) is 15.6. The van der Waals surface area contributed by atoms with Gasteiger partial charge in [0.1, 0.15) is 17.9 Å². The molecule has 0 aliphatic carbocycles. The number of hydrogen-bond acceptors (Lipinski definition) is 6. The molecule has 1 aliphatic rings. The summed E-state index contributed by atoms with van der Waals surface area (Å²) in [5.41, 5.74) is 6.87. The van der Waals surface area contributed by atoms with Crippen LogP contribution in [0.2, 0.25) is 0 Å². The quantitative estimate of drug-likeness (QED) is 0.409. The van der Waals surface area contributed by atoms with Crippen molar-refractivity contribution in [1.29, 1.82) is 5.26 Å². The molecular formula is C28H21N7. The zero-order valence-corrected chi connectivity index (χ0v) is 18.9. The molecule has 0 radical (unpaired) electrons. The minimum Gasteiger partial charge on any atom is -0.368 e. The third-order valence-corrected chi connectivity index (χ3v) is 6.22. The van der Waals surface area contributed by atoms with Gasteiger partial charge in [-0.3, -0.25) is 14.5 Å². The van der Waals surface area contributed by atoms with E-state index in [4.69, 9.17) is 0 Å². The van der Waals surface area contributed by atoms with Crippen LogP contribution in [0.15, 0.2) is 73.4 Å². The number of hydrogen-bond donors (Lipinski definition) is 1. The van der Waals surface area contributed by atoms with Gasteiger partial charge in [-0.2, -0.15) is 5.26 Å². The van der Waals surface area contributed by atoms with Crippen molar-refractivity contribution in [3.05, 3.63) is 90.1 Å². The standard InChI is InChI=1S/C28H21N7/c29-16-22-15-23(6-8-27(22)34-12-10-30-11-13-34)35-19-33-26-18-32-25-7-5-20(14-24(25)28(26)35)3-4-21-2-1-9-31-17-21/h1-2,5-9,14-15,17-19,30H,10-13H2. The van der Waals surface area contributed by atoms with E-state index in [9.17, 15) is 5.26 Å². The van der Waals surface area contributed by atoms with E-state index in [0.29, 0.717) is 5.56 Å². The third kappa shape index (κ3) is 3.95. The van der Waals surface area contributed by atoms with E-state index in [0.717, 1.165) is 70.6 Å². The van der Waals surface area contributed by atoms with Crippen LogP contribution >= 0.6 is 0 Å². The molecule has 2 aromatic carbocycles. The molecule has 0 atom stereocenters. The number of benzene rings is 2. The third-order valence-electron chi connectivity index (χ3n) is 6.22. The van der Waals surface area contributed by atoms with Crippen molar-refractivity contribution < 1.29 is 0 Å². The number of fused-ring (bicyclic) bond motifs is 3. The second kappa shape index (κ2) is 8.90. The van der Waals surface area contributed by atoms with Gasteiger partial charge in [0.2, 0.25) is 0 Å². The van der Waals surface area contributed by atoms with Gasteiger partial charge in [0, 0.05) is 60.8 Å². The molecule has 6 rings (SSSR count). The fraction of sp³-hybridized carbons (Fsp3) is 0.143. The molecule has 0 unspecified atom stereocenters. The van der Waals surface area contributed by atoms with Crippen LogP contribution in [0.3, 0.4) is 0 Å². The number of nitriles is 1. The zero-order valence-electron chi connectivity index (χ0n) is 18.9. The summed E-state index contributed by atoms with van der Waals surface area (Å²) in [6.07, 6.45) is 7.06. The fourth-order valence-corrected chi connectivity index (χ4v) is 4.49. The maximum Gasteiger partial charge on any atom is 0.108 e. The van der Waals surface area contributed by atoms with Crippen molar-refractivity contribution in [2.75, 3.05) is 31.1 Å². The minimum absolute atomic E-state index is 0.660. The van der Waals surface area contributed by atoms with Gasteiger partial charge in [-0.1, -0.05) is 11.8 Å². The lowest BCUT2D eigenvalue weighted by atomic mass is 10.1. The maximum atomic E-state index is 9.90. The largest absolute Gasteiger partial charge is 0.368 e. The lowest BCUT2D eigenvalue weighted by molar-refractivity contribution is 0.589. The van der Waals surface area contributed by atoms with E-state index < -0.39 is 0 Å². The van der Waals surface area contributed by atoms with Crippen molar-refractivity contribution in [3.8, 4) is 23.6 Å². The topological polar surface area (TPSA) is 82.7 Å². The normalized spacial score (nSPS) is 13.4. The van der Waals surface area contributed by atoms with Crippen molar-refractivity contribution >= 4 is 27.6 Å². The van der Waals surface area contributed by atoms with E-state index in [1.54, 1.807) is 24.9 Å². The number of piperazine rings is 1. The Morgan fingerprint density at radius 2 is 1.77 bits per heavy atom. The predicted molar refractivity (Wildman–Crippen MR) is 136 cm³/mol. The first-order chi connectivity index (χ1) is 17.3. The molecule has 7 nitrogen and oxygen atoms in total. The van der Waals surface area contributed by atoms with Gasteiger partial charge in [0.25, 0.3) is 0 Å². The first-order valence-electron chi connectivity index (χ1n) is 11.5. The Morgan fingerprint density at radius 1 is 0.886 bits per heavy atom. The Balaban J connectivity index is 1.46. The summed E-state index contributed by atoms with van der Waals surface area (Å²) < 4.78 is 2.03. The van der Waals surface area contributed by atoms with Crippen molar-refractivity contribution in [1.82, 2.24) is 24.8 Å². The highest BCUT2D eigenvalue weighted by atomic mass is 15.2. The lowest BCUT2D eigenvalue weighted by Crippen LogP contribution is -2.43. The van der Waals surface area contributed by atoms with Crippen LogP contribution in [0.5, 0.6) is 0 Å². The van der Waals surface area contributed by atoms with Gasteiger partial charge in [0.15, 0.2) is 0 Å². The number of nitrogens with one attached hydrogen (secondary N) is 1. The highest BCUT2D eigenvalue weighted by Gasteiger charge is 2.16. The summed E-state index contributed by atoms with van der Waals surface area (Å²) in [5, 5.41) is 14.2. The summed E-state index contributed by atoms with van der Waals surface area (Å²) in [6.45, 7) is 3.62. The van der Waals surface area contributed by atoms with Crippen molar-refractivity contribution in [2.24, 2.45) is 0 Å². The van der Waals surface area contributed by atoms with Crippen molar-refractivity contribution in [3.63, 3.8) is 0 Å². The molecule has 5 aromatic rings. The molecule has 3 aromatic heterocycles. The molecule has 0 spiro atoms. The highest BCUT2D eigenvalue weighted by molar-refractivity contribution is 6.03. The maximum absolute atomic E-state index is 9.90. The van der Waals surface area contributed by atoms with Crippen LogP contribution < -0.4 is 10.2 Å². The van der Waals surface area contributed by atoms with Gasteiger partial charge in [-0.25, -0.2) is 4.98 Å². The van der Waals surface area contributed by atoms with Crippen LogP contribution in [0, 0.1) is 23.2 Å². The Bertz CT molecular complexity index is 1650. The van der Waals surface area contributed by atoms with Crippen LogP contribution in [-0.4, -0.2) is 45.7 Å². The fourth-order valence-electron chi connectivity index (χ4n) is 4.49. The summed E-state index contributed by atoms with van der Waals surface area (Å²) in [6, 6.07) is 18.2. The second-order valence-electron chi connectivity index (χ2n) is 8.38. The number of imidazole rings is 1. The summed E-state index contributed by atoms with van der Waals surface area (Å²) in [5.74, 6) is 6.40. The van der Waals surface area contributed by atoms with E-state index in [1.165, 1.54) is 0 Å². The van der Waals surface area contributed by atoms with Crippen LogP contribution in [0.25, 0.3) is 27.6 Å². The Labute approximate surface area is 202 Å². The summed E-state index contributed by atoms with van der Waals surface area (Å²) in [7, 11) is 0. The van der Waals surface area contributed by atoms with Gasteiger partial charge in [-0.15, -0.1) is 0 Å². The first-order valence-corrected chi connectivity index (χ1v) is 11.5. The van der Waals surface area contributed by atoms with E-state index in [-0.39, 0.29) is 0 Å². The van der Waals surface area contributed by atoms with E-state index in [2.05, 4.69) is 49.1 Å². The number of rotatable bonds is 2. The monoisotopic (exact) mass is 455 g/mol. The number of nitrogens with zero attached hydrogens (tertiary/aromatic N) is 6. The first kappa shape index (κ1) is 20.9. The molecule has 168 valence electrons. The van der Waals surface area contributed by atoms with Crippen molar-refractivity contribution in [2.45, 2.75) is 0 Å². The molecular weight excluding hydrogens is 434 g/mol. The molecule has 0 saturated carbocycles. The predicted octanol–water partition coefficient (Wildman–Crippen LogP) is 3.65. The SMILES string of the molecule is N#Cc1cc(-n2cnc3cnc4ccc(C#Cc5cccnc5)cc4c32)ccc1N1CCNCC1. The Morgan fingerprint density at radius 3 is 2.60 bits per heavy atom. The molecule has 7 heteroatoms. The Hall–Kier alpha value is -4.72. The molecule has 1 N–H and O–H groups in total. The van der Waals surface area contributed by atoms with Crippen LogP contribution in [-0.2, 0) is 0 Å². The van der Waals surface area contributed by atoms with E-state index in [1.807, 2.05) is 47.0 Å². The molecule has 0 amide bonds. The molecule has 35 heavy (non-hydrogen) atoms. The van der Waals surface area contributed by atoms with Crippen LogP contribution in [0.1, 0.15) is 16.7 Å². The van der Waals surface area contributed by atoms with Gasteiger partial charge < -0.3 is 10.2 Å². The highest BCUT2D eigenvalue weighted by Crippen LogP contribution is 2.29. The van der Waals surface area contributed by atoms with Gasteiger partial charge >= 0.3 is 0 Å². The number of anilines is 1. The van der Waals surface area contributed by atoms with Gasteiger partial charge in [0.05, 0.1) is 28.5 Å². The molecule has 0 bridgehead atoms. The smallest absolute Gasteiger partial charge is 0.108 e. The lowest BCUT2D eigenvalue weighted by Gasteiger charge is -2.30. The van der Waals surface area contributed by atoms with Gasteiger partial charge in [-0.05, 0) is 48.5 Å².